The molecule has 0 nitrogen and oxygen atoms in total. The summed E-state index contributed by atoms with van der Waals surface area (Å²) >= 11 is 3.68. The Hall–Kier alpha value is -0.370. The Labute approximate surface area is 117 Å². The lowest BCUT2D eigenvalue weighted by molar-refractivity contribution is 0.245. The number of hydrogen-bond acceptors (Lipinski definition) is 0. The zero-order valence-corrected chi connectivity index (χ0v) is 12.2. The molecule has 2 saturated carbocycles. The fourth-order valence-electron chi connectivity index (χ4n) is 4.16. The molecule has 0 amide bonds. The highest BCUT2D eigenvalue weighted by Crippen LogP contribution is 2.51. The largest absolute Gasteiger partial charge is 0.207 e. The Bertz CT molecular complexity index is 417. The quantitative estimate of drug-likeness (QED) is 0.700. The summed E-state index contributed by atoms with van der Waals surface area (Å²) in [5.74, 6) is 3.39. The number of alkyl halides is 1. The van der Waals surface area contributed by atoms with Gasteiger partial charge in [0.2, 0.25) is 0 Å². The van der Waals surface area contributed by atoms with E-state index in [9.17, 15) is 4.39 Å². The van der Waals surface area contributed by atoms with Gasteiger partial charge in [-0.05, 0) is 67.1 Å². The first-order chi connectivity index (χ1) is 8.76. The standard InChI is InChI=1S/C16H20BrF/c17-10-14(7-11-2-1-3-15(18)8-11)16-9-12-4-5-13(16)6-12/h1-3,8,12-14,16H,4-7,9-10H2. The van der Waals surface area contributed by atoms with Crippen LogP contribution in [0.15, 0.2) is 24.3 Å². The van der Waals surface area contributed by atoms with Crippen molar-refractivity contribution in [1.29, 1.82) is 0 Å². The van der Waals surface area contributed by atoms with Crippen LogP contribution in [-0.4, -0.2) is 5.33 Å². The molecule has 3 rings (SSSR count). The van der Waals surface area contributed by atoms with Gasteiger partial charge in [-0.3, -0.25) is 0 Å². The first kappa shape index (κ1) is 12.7. The Morgan fingerprint density at radius 2 is 2.17 bits per heavy atom. The van der Waals surface area contributed by atoms with Crippen LogP contribution in [0.25, 0.3) is 0 Å². The van der Waals surface area contributed by atoms with Crippen molar-refractivity contribution in [2.45, 2.75) is 32.1 Å². The predicted octanol–water partition coefficient (Wildman–Crippen LogP) is 4.82. The first-order valence-electron chi connectivity index (χ1n) is 7.06. The molecule has 1 aromatic rings. The molecule has 2 bridgehead atoms. The van der Waals surface area contributed by atoms with E-state index in [0.29, 0.717) is 5.92 Å². The van der Waals surface area contributed by atoms with Gasteiger partial charge in [-0.2, -0.15) is 0 Å². The number of halogens is 2. The molecular weight excluding hydrogens is 291 g/mol. The average molecular weight is 311 g/mol. The number of hydrogen-bond donors (Lipinski definition) is 0. The molecule has 0 heterocycles. The maximum atomic E-state index is 13.2. The van der Waals surface area contributed by atoms with Gasteiger partial charge in [0.05, 0.1) is 0 Å². The Morgan fingerprint density at radius 3 is 2.78 bits per heavy atom. The fraction of sp³-hybridized carbons (Fsp3) is 0.625. The third kappa shape index (κ3) is 2.49. The lowest BCUT2D eigenvalue weighted by Crippen LogP contribution is -2.24. The summed E-state index contributed by atoms with van der Waals surface area (Å²) in [6.45, 7) is 0. The fourth-order valence-corrected chi connectivity index (χ4v) is 4.87. The molecule has 0 radical (unpaired) electrons. The summed E-state index contributed by atoms with van der Waals surface area (Å²) in [6.07, 6.45) is 6.78. The summed E-state index contributed by atoms with van der Waals surface area (Å²) in [4.78, 5) is 0. The second-order valence-electron chi connectivity index (χ2n) is 6.09. The molecule has 98 valence electrons. The summed E-state index contributed by atoms with van der Waals surface area (Å²) in [7, 11) is 0. The monoisotopic (exact) mass is 310 g/mol. The lowest BCUT2D eigenvalue weighted by Gasteiger charge is -2.29. The van der Waals surface area contributed by atoms with E-state index in [-0.39, 0.29) is 5.82 Å². The van der Waals surface area contributed by atoms with Gasteiger partial charge in [-0.15, -0.1) is 0 Å². The normalized spacial score (nSPS) is 31.8. The van der Waals surface area contributed by atoms with Crippen LogP contribution in [0.3, 0.4) is 0 Å². The Morgan fingerprint density at radius 1 is 1.28 bits per heavy atom. The molecule has 0 aromatic heterocycles. The van der Waals surface area contributed by atoms with Gasteiger partial charge in [0.25, 0.3) is 0 Å². The van der Waals surface area contributed by atoms with Crippen molar-refractivity contribution in [3.05, 3.63) is 35.6 Å². The van der Waals surface area contributed by atoms with Crippen molar-refractivity contribution in [3.63, 3.8) is 0 Å². The summed E-state index contributed by atoms with van der Waals surface area (Å²) in [6, 6.07) is 7.12. The lowest BCUT2D eigenvalue weighted by atomic mass is 9.78. The highest BCUT2D eigenvalue weighted by molar-refractivity contribution is 9.09. The van der Waals surface area contributed by atoms with Crippen molar-refractivity contribution in [2.75, 3.05) is 5.33 Å². The molecule has 1 aromatic carbocycles. The third-order valence-corrected chi connectivity index (χ3v) is 5.82. The maximum absolute atomic E-state index is 13.2. The van der Waals surface area contributed by atoms with Gasteiger partial charge < -0.3 is 0 Å². The van der Waals surface area contributed by atoms with Gasteiger partial charge >= 0.3 is 0 Å². The molecular formula is C16H20BrF. The van der Waals surface area contributed by atoms with E-state index in [1.54, 1.807) is 6.07 Å². The molecule has 2 aliphatic rings. The number of fused-ring (bicyclic) bond motifs is 2. The molecule has 2 aliphatic carbocycles. The molecule has 2 heteroatoms. The minimum atomic E-state index is -0.103. The third-order valence-electron chi connectivity index (χ3n) is 4.98. The van der Waals surface area contributed by atoms with Crippen molar-refractivity contribution >= 4 is 15.9 Å². The van der Waals surface area contributed by atoms with Gasteiger partial charge in [0.1, 0.15) is 5.82 Å². The van der Waals surface area contributed by atoms with E-state index in [1.165, 1.54) is 31.7 Å². The Balaban J connectivity index is 1.69. The van der Waals surface area contributed by atoms with Gasteiger partial charge in [0.15, 0.2) is 0 Å². The zero-order chi connectivity index (χ0) is 12.5. The van der Waals surface area contributed by atoms with Gasteiger partial charge in [-0.1, -0.05) is 34.5 Å². The van der Waals surface area contributed by atoms with Crippen molar-refractivity contribution in [1.82, 2.24) is 0 Å². The molecule has 0 saturated heterocycles. The van der Waals surface area contributed by atoms with E-state index < -0.39 is 0 Å². The highest BCUT2D eigenvalue weighted by Gasteiger charge is 2.42. The minimum Gasteiger partial charge on any atom is -0.207 e. The number of benzene rings is 1. The number of rotatable bonds is 4. The smallest absolute Gasteiger partial charge is 0.123 e. The molecule has 4 atom stereocenters. The predicted molar refractivity (Wildman–Crippen MR) is 76.3 cm³/mol. The van der Waals surface area contributed by atoms with E-state index in [2.05, 4.69) is 22.0 Å². The van der Waals surface area contributed by atoms with Gasteiger partial charge in [-0.25, -0.2) is 4.39 Å². The van der Waals surface area contributed by atoms with Crippen LogP contribution < -0.4 is 0 Å². The minimum absolute atomic E-state index is 0.103. The van der Waals surface area contributed by atoms with E-state index in [0.717, 1.165) is 35.1 Å². The SMILES string of the molecule is Fc1cccc(CC(CBr)C2CC3CCC2C3)c1. The molecule has 0 aliphatic heterocycles. The average Bonchev–Trinajstić information content (AvgIpc) is 2.98. The highest BCUT2D eigenvalue weighted by atomic mass is 79.9. The molecule has 18 heavy (non-hydrogen) atoms. The van der Waals surface area contributed by atoms with Crippen molar-refractivity contribution in [2.24, 2.45) is 23.7 Å². The summed E-state index contributed by atoms with van der Waals surface area (Å²) < 4.78 is 13.2. The van der Waals surface area contributed by atoms with E-state index in [4.69, 9.17) is 0 Å². The first-order valence-corrected chi connectivity index (χ1v) is 8.19. The molecule has 2 fully saturated rings. The molecule has 0 N–H and O–H groups in total. The second-order valence-corrected chi connectivity index (χ2v) is 6.73. The van der Waals surface area contributed by atoms with Crippen LogP contribution in [0.4, 0.5) is 4.39 Å². The van der Waals surface area contributed by atoms with Gasteiger partial charge in [0, 0.05) is 5.33 Å². The summed E-state index contributed by atoms with van der Waals surface area (Å²) in [5, 5.41) is 1.05. The molecule has 0 spiro atoms. The summed E-state index contributed by atoms with van der Waals surface area (Å²) in [5.41, 5.74) is 1.15. The van der Waals surface area contributed by atoms with E-state index in [1.807, 2.05) is 6.07 Å². The van der Waals surface area contributed by atoms with E-state index >= 15 is 0 Å². The van der Waals surface area contributed by atoms with Crippen LogP contribution >= 0.6 is 15.9 Å². The maximum Gasteiger partial charge on any atom is 0.123 e. The van der Waals surface area contributed by atoms with Crippen LogP contribution in [0.2, 0.25) is 0 Å². The zero-order valence-electron chi connectivity index (χ0n) is 10.6. The van der Waals surface area contributed by atoms with Crippen LogP contribution in [0.1, 0.15) is 31.2 Å². The van der Waals surface area contributed by atoms with Crippen molar-refractivity contribution < 1.29 is 4.39 Å². The second kappa shape index (κ2) is 5.32. The Kier molecular flexibility index (Phi) is 3.74. The topological polar surface area (TPSA) is 0 Å². The van der Waals surface area contributed by atoms with Crippen LogP contribution in [0, 0.1) is 29.5 Å². The van der Waals surface area contributed by atoms with Crippen LogP contribution in [-0.2, 0) is 6.42 Å². The van der Waals surface area contributed by atoms with Crippen molar-refractivity contribution in [3.8, 4) is 0 Å². The molecule has 4 unspecified atom stereocenters. The van der Waals surface area contributed by atoms with Crippen LogP contribution in [0.5, 0.6) is 0 Å².